The number of carboxylic acid groups (broad SMARTS) is 2. The van der Waals surface area contributed by atoms with E-state index in [2.05, 4.69) is 5.32 Å². The number of hydrogen-bond donors (Lipinski definition) is 3. The van der Waals surface area contributed by atoms with Crippen LogP contribution in [0.1, 0.15) is 6.92 Å². The average molecular weight is 261 g/mol. The summed E-state index contributed by atoms with van der Waals surface area (Å²) in [7, 11) is 3.66. The molecule has 0 radical (unpaired) electrons. The van der Waals surface area contributed by atoms with E-state index in [4.69, 9.17) is 10.2 Å². The molecular formula is C10H19N3O5. The van der Waals surface area contributed by atoms with E-state index in [1.807, 2.05) is 19.0 Å². The van der Waals surface area contributed by atoms with Crippen LogP contribution in [0, 0.1) is 0 Å². The van der Waals surface area contributed by atoms with Crippen molar-refractivity contribution in [1.82, 2.24) is 15.1 Å². The maximum Gasteiger partial charge on any atom is 0.323 e. The van der Waals surface area contributed by atoms with Gasteiger partial charge in [0.1, 0.15) is 13.1 Å². The topological polar surface area (TPSA) is 110 Å². The van der Waals surface area contributed by atoms with Gasteiger partial charge in [-0.25, -0.2) is 4.79 Å². The number of rotatable bonds is 7. The van der Waals surface area contributed by atoms with Gasteiger partial charge in [-0.2, -0.15) is 0 Å². The summed E-state index contributed by atoms with van der Waals surface area (Å²) in [6.07, 6.45) is 0. The Hall–Kier alpha value is -1.83. The maximum absolute atomic E-state index is 11.7. The summed E-state index contributed by atoms with van der Waals surface area (Å²) in [5, 5.41) is 19.7. The van der Waals surface area contributed by atoms with Gasteiger partial charge in [-0.05, 0) is 21.0 Å². The number of amides is 2. The molecule has 0 saturated heterocycles. The second-order valence-corrected chi connectivity index (χ2v) is 4.26. The van der Waals surface area contributed by atoms with Gasteiger partial charge in [-0.1, -0.05) is 0 Å². The van der Waals surface area contributed by atoms with E-state index >= 15 is 0 Å². The second kappa shape index (κ2) is 7.49. The molecule has 1 atom stereocenters. The highest BCUT2D eigenvalue weighted by atomic mass is 16.4. The van der Waals surface area contributed by atoms with Crippen molar-refractivity contribution in [2.75, 3.05) is 33.7 Å². The Morgan fingerprint density at radius 2 is 1.56 bits per heavy atom. The molecule has 0 aromatic heterocycles. The van der Waals surface area contributed by atoms with Crippen LogP contribution in [0.5, 0.6) is 0 Å². The summed E-state index contributed by atoms with van der Waals surface area (Å²) in [6.45, 7) is 1.02. The lowest BCUT2D eigenvalue weighted by atomic mass is 10.3. The maximum atomic E-state index is 11.7. The zero-order chi connectivity index (χ0) is 14.3. The van der Waals surface area contributed by atoms with Gasteiger partial charge < -0.3 is 25.3 Å². The van der Waals surface area contributed by atoms with Gasteiger partial charge in [0.2, 0.25) is 0 Å². The third kappa shape index (κ3) is 7.44. The highest BCUT2D eigenvalue weighted by Crippen LogP contribution is 1.93. The van der Waals surface area contributed by atoms with Crippen molar-refractivity contribution in [3.05, 3.63) is 0 Å². The SMILES string of the molecule is CC(CN(C)C)NC(=O)N(CC(=O)O)CC(=O)O. The fraction of sp³-hybridized carbons (Fsp3) is 0.700. The van der Waals surface area contributed by atoms with Gasteiger partial charge in [-0.15, -0.1) is 0 Å². The molecule has 0 aromatic carbocycles. The number of aliphatic carboxylic acids is 2. The molecule has 0 saturated carbocycles. The van der Waals surface area contributed by atoms with Crippen LogP contribution in [0.4, 0.5) is 4.79 Å². The minimum atomic E-state index is -1.26. The molecule has 0 rings (SSSR count). The predicted octanol–water partition coefficient (Wildman–Crippen LogP) is -0.883. The van der Waals surface area contributed by atoms with Crippen LogP contribution in [0.15, 0.2) is 0 Å². The summed E-state index contributed by atoms with van der Waals surface area (Å²) in [6, 6.07) is -0.910. The standard InChI is InChI=1S/C10H19N3O5/c1-7(4-12(2)3)11-10(18)13(5-8(14)15)6-9(16)17/h7H,4-6H2,1-3H3,(H,11,18)(H,14,15)(H,16,17). The number of carbonyl (C=O) groups is 3. The molecule has 0 aliphatic carbocycles. The highest BCUT2D eigenvalue weighted by Gasteiger charge is 2.20. The number of hydrogen-bond acceptors (Lipinski definition) is 4. The van der Waals surface area contributed by atoms with E-state index < -0.39 is 31.1 Å². The summed E-state index contributed by atoms with van der Waals surface area (Å²) < 4.78 is 0. The van der Waals surface area contributed by atoms with Gasteiger partial charge in [0.05, 0.1) is 0 Å². The molecule has 104 valence electrons. The van der Waals surface area contributed by atoms with Crippen LogP contribution in [0.2, 0.25) is 0 Å². The fourth-order valence-corrected chi connectivity index (χ4v) is 1.42. The zero-order valence-electron chi connectivity index (χ0n) is 10.7. The Bertz CT molecular complexity index is 303. The van der Waals surface area contributed by atoms with Crippen molar-refractivity contribution < 1.29 is 24.6 Å². The Morgan fingerprint density at radius 3 is 1.89 bits per heavy atom. The number of carbonyl (C=O) groups excluding carboxylic acids is 1. The molecule has 18 heavy (non-hydrogen) atoms. The first-order valence-electron chi connectivity index (χ1n) is 5.36. The number of likely N-dealkylation sites (N-methyl/N-ethyl adjacent to an activating group) is 1. The molecule has 0 aliphatic rings. The van der Waals surface area contributed by atoms with Gasteiger partial charge in [0.25, 0.3) is 0 Å². The van der Waals surface area contributed by atoms with E-state index in [1.165, 1.54) is 0 Å². The highest BCUT2D eigenvalue weighted by molar-refractivity contribution is 5.84. The number of urea groups is 1. The predicted molar refractivity (Wildman–Crippen MR) is 63.4 cm³/mol. The molecule has 3 N–H and O–H groups in total. The van der Waals surface area contributed by atoms with E-state index in [0.717, 1.165) is 4.90 Å². The number of nitrogens with zero attached hydrogens (tertiary/aromatic N) is 2. The lowest BCUT2D eigenvalue weighted by Crippen LogP contribution is -2.49. The lowest BCUT2D eigenvalue weighted by molar-refractivity contribution is -0.140. The minimum absolute atomic E-state index is 0.211. The molecular weight excluding hydrogens is 242 g/mol. The number of nitrogens with one attached hydrogen (secondary N) is 1. The van der Waals surface area contributed by atoms with Crippen LogP contribution in [-0.2, 0) is 9.59 Å². The van der Waals surface area contributed by atoms with Gasteiger partial charge in [0.15, 0.2) is 0 Å². The van der Waals surface area contributed by atoms with Crippen molar-refractivity contribution in [2.45, 2.75) is 13.0 Å². The average Bonchev–Trinajstić information content (AvgIpc) is 2.13. The summed E-state index contributed by atoms with van der Waals surface area (Å²) >= 11 is 0. The van der Waals surface area contributed by atoms with Crippen LogP contribution in [0.3, 0.4) is 0 Å². The third-order valence-corrected chi connectivity index (χ3v) is 1.95. The largest absolute Gasteiger partial charge is 0.480 e. The normalized spacial score (nSPS) is 12.0. The lowest BCUT2D eigenvalue weighted by Gasteiger charge is -2.23. The van der Waals surface area contributed by atoms with Gasteiger partial charge in [0, 0.05) is 12.6 Å². The van der Waals surface area contributed by atoms with Gasteiger partial charge >= 0.3 is 18.0 Å². The first kappa shape index (κ1) is 16.2. The molecule has 1 unspecified atom stereocenters. The Morgan fingerprint density at radius 1 is 1.11 bits per heavy atom. The van der Waals surface area contributed by atoms with Crippen molar-refractivity contribution in [3.63, 3.8) is 0 Å². The molecule has 8 nitrogen and oxygen atoms in total. The third-order valence-electron chi connectivity index (χ3n) is 1.95. The summed E-state index contributed by atoms with van der Waals surface area (Å²) in [4.78, 5) is 35.3. The molecule has 0 aliphatic heterocycles. The molecule has 0 fully saturated rings. The first-order chi connectivity index (χ1) is 8.22. The van der Waals surface area contributed by atoms with E-state index in [-0.39, 0.29) is 6.04 Å². The zero-order valence-corrected chi connectivity index (χ0v) is 10.7. The summed E-state index contributed by atoms with van der Waals surface area (Å²) in [5.41, 5.74) is 0. The molecule has 2 amide bonds. The van der Waals surface area contributed by atoms with Crippen molar-refractivity contribution in [2.24, 2.45) is 0 Å². The minimum Gasteiger partial charge on any atom is -0.480 e. The quantitative estimate of drug-likeness (QED) is 0.549. The Labute approximate surface area is 105 Å². The first-order valence-corrected chi connectivity index (χ1v) is 5.36. The van der Waals surface area contributed by atoms with Crippen molar-refractivity contribution in [1.29, 1.82) is 0 Å². The van der Waals surface area contributed by atoms with Crippen molar-refractivity contribution in [3.8, 4) is 0 Å². The molecule has 0 bridgehead atoms. The molecule has 0 heterocycles. The fourth-order valence-electron chi connectivity index (χ4n) is 1.42. The van der Waals surface area contributed by atoms with Crippen molar-refractivity contribution >= 4 is 18.0 Å². The molecule has 0 spiro atoms. The Balaban J connectivity index is 4.45. The van der Waals surface area contributed by atoms with Crippen LogP contribution < -0.4 is 5.32 Å². The molecule has 8 heteroatoms. The van der Waals surface area contributed by atoms with E-state index in [9.17, 15) is 14.4 Å². The van der Waals surface area contributed by atoms with E-state index in [1.54, 1.807) is 6.92 Å². The van der Waals surface area contributed by atoms with Gasteiger partial charge in [-0.3, -0.25) is 9.59 Å². The summed E-state index contributed by atoms with van der Waals surface area (Å²) in [5.74, 6) is -2.52. The Kier molecular flexibility index (Phi) is 6.73. The smallest absolute Gasteiger partial charge is 0.323 e. The number of carboxylic acids is 2. The monoisotopic (exact) mass is 261 g/mol. The van der Waals surface area contributed by atoms with Crippen LogP contribution in [0.25, 0.3) is 0 Å². The van der Waals surface area contributed by atoms with Crippen LogP contribution >= 0.6 is 0 Å². The van der Waals surface area contributed by atoms with Crippen LogP contribution in [-0.4, -0.2) is 77.8 Å². The van der Waals surface area contributed by atoms with E-state index in [0.29, 0.717) is 6.54 Å². The molecule has 0 aromatic rings. The second-order valence-electron chi connectivity index (χ2n) is 4.26.